The average molecular weight is 391 g/mol. The minimum Gasteiger partial charge on any atom is -0.438 e. The Morgan fingerprint density at radius 3 is 2.50 bits per heavy atom. The number of nitrogens with zero attached hydrogens (tertiary/aromatic N) is 4. The van der Waals surface area contributed by atoms with Gasteiger partial charge in [0, 0.05) is 25.2 Å². The van der Waals surface area contributed by atoms with Gasteiger partial charge in [0.25, 0.3) is 12.0 Å². The molecule has 0 spiro atoms. The molecule has 1 N–H and O–H groups in total. The molecule has 0 unspecified atom stereocenters. The predicted molar refractivity (Wildman–Crippen MR) is 90.3 cm³/mol. The third-order valence-corrected chi connectivity index (χ3v) is 3.77. The summed E-state index contributed by atoms with van der Waals surface area (Å²) in [6, 6.07) is 5.54. The van der Waals surface area contributed by atoms with E-state index in [-0.39, 0.29) is 17.2 Å². The molecule has 0 atom stereocenters. The molecule has 28 heavy (non-hydrogen) atoms. The largest absolute Gasteiger partial charge is 0.438 e. The molecular formula is C17H12F3N5O3. The molecule has 3 aromatic rings. The second kappa shape index (κ2) is 7.07. The zero-order chi connectivity index (χ0) is 20.6. The average Bonchev–Trinajstić information content (AvgIpc) is 2.93. The number of benzene rings is 1. The fourth-order valence-corrected chi connectivity index (χ4v) is 2.54. The van der Waals surface area contributed by atoms with Gasteiger partial charge >= 0.3 is 5.69 Å². The van der Waals surface area contributed by atoms with Crippen LogP contribution < -0.4 is 16.0 Å². The van der Waals surface area contributed by atoms with Crippen LogP contribution in [0.3, 0.4) is 0 Å². The van der Waals surface area contributed by atoms with Crippen LogP contribution in [0.5, 0.6) is 11.6 Å². The van der Waals surface area contributed by atoms with E-state index in [1.165, 1.54) is 4.68 Å². The van der Waals surface area contributed by atoms with Gasteiger partial charge in [0.05, 0.1) is 22.6 Å². The summed E-state index contributed by atoms with van der Waals surface area (Å²) in [4.78, 5) is 26.0. The van der Waals surface area contributed by atoms with Gasteiger partial charge in [-0.3, -0.25) is 4.79 Å². The van der Waals surface area contributed by atoms with Crippen LogP contribution in [0.2, 0.25) is 0 Å². The molecule has 2 aromatic heterocycles. The fourth-order valence-electron chi connectivity index (χ4n) is 2.54. The normalized spacial score (nSPS) is 10.9. The number of hydrogen-bond acceptors (Lipinski definition) is 5. The second-order valence-corrected chi connectivity index (χ2v) is 5.77. The van der Waals surface area contributed by atoms with Gasteiger partial charge in [-0.05, 0) is 13.0 Å². The van der Waals surface area contributed by atoms with Crippen molar-refractivity contribution < 1.29 is 17.9 Å². The molecule has 2 heterocycles. The Balaban J connectivity index is 2.19. The number of hydrogen-bond donors (Lipinski definition) is 1. The number of alkyl halides is 2. The first-order valence-corrected chi connectivity index (χ1v) is 7.78. The van der Waals surface area contributed by atoms with E-state index in [1.807, 2.05) is 4.98 Å². The zero-order valence-electron chi connectivity index (χ0n) is 14.5. The molecule has 0 aliphatic heterocycles. The molecule has 3 rings (SSSR count). The first-order valence-electron chi connectivity index (χ1n) is 7.78. The summed E-state index contributed by atoms with van der Waals surface area (Å²) in [5.41, 5.74) is -3.44. The van der Waals surface area contributed by atoms with E-state index >= 15 is 0 Å². The topological polar surface area (TPSA) is 106 Å². The number of rotatable bonds is 4. The molecule has 0 saturated carbocycles. The number of ether oxygens (including phenoxy) is 1. The van der Waals surface area contributed by atoms with Crippen molar-refractivity contribution in [3.05, 3.63) is 67.9 Å². The first kappa shape index (κ1) is 19.0. The molecular weight excluding hydrogens is 379 g/mol. The van der Waals surface area contributed by atoms with E-state index in [0.29, 0.717) is 16.3 Å². The number of halogens is 3. The smallest absolute Gasteiger partial charge is 0.333 e. The van der Waals surface area contributed by atoms with Gasteiger partial charge in [0.1, 0.15) is 17.6 Å². The number of H-pyrrole nitrogens is 1. The first-order chi connectivity index (χ1) is 13.2. The molecule has 0 fully saturated rings. The maximum absolute atomic E-state index is 14.5. The van der Waals surface area contributed by atoms with E-state index in [4.69, 9.17) is 4.74 Å². The highest BCUT2D eigenvalue weighted by Crippen LogP contribution is 2.29. The summed E-state index contributed by atoms with van der Waals surface area (Å²) in [5, 5.41) is 13.3. The van der Waals surface area contributed by atoms with Gasteiger partial charge in [0.2, 0.25) is 5.88 Å². The van der Waals surface area contributed by atoms with E-state index in [2.05, 4.69) is 5.10 Å². The van der Waals surface area contributed by atoms with E-state index in [1.54, 1.807) is 26.1 Å². The van der Waals surface area contributed by atoms with Gasteiger partial charge in [0.15, 0.2) is 0 Å². The SMILES string of the molecule is Cc1cc(Oc2cc(-n3c(=O)cc(C(F)F)[nH]c3=O)c(F)cc2C#N)n(C)n1. The highest BCUT2D eigenvalue weighted by Gasteiger charge is 2.19. The lowest BCUT2D eigenvalue weighted by molar-refractivity contribution is 0.145. The summed E-state index contributed by atoms with van der Waals surface area (Å²) in [6.07, 6.45) is -3.08. The highest BCUT2D eigenvalue weighted by molar-refractivity contribution is 5.52. The molecule has 0 radical (unpaired) electrons. The van der Waals surface area contributed by atoms with Gasteiger partial charge in [-0.2, -0.15) is 10.4 Å². The molecule has 11 heteroatoms. The standard InChI is InChI=1S/C17H12F3N5O3/c1-8-3-15(24(2)23-8)28-13-6-12(10(18)4-9(13)7-21)25-14(26)5-11(16(19)20)22-17(25)27/h3-6,16H,1-2H3,(H,22,27). The summed E-state index contributed by atoms with van der Waals surface area (Å²) in [6.45, 7) is 1.71. The Labute approximate surface area is 155 Å². The van der Waals surface area contributed by atoms with Crippen LogP contribution in [0, 0.1) is 24.1 Å². The molecule has 0 aliphatic carbocycles. The summed E-state index contributed by atoms with van der Waals surface area (Å²) >= 11 is 0. The predicted octanol–water partition coefficient (Wildman–Crippen LogP) is 2.31. The van der Waals surface area contributed by atoms with Crippen LogP contribution in [0.15, 0.2) is 33.9 Å². The van der Waals surface area contributed by atoms with Crippen LogP contribution in [-0.2, 0) is 7.05 Å². The van der Waals surface area contributed by atoms with Crippen LogP contribution in [0.1, 0.15) is 23.4 Å². The number of aromatic amines is 1. The molecule has 0 amide bonds. The van der Waals surface area contributed by atoms with Crippen LogP contribution in [0.4, 0.5) is 13.2 Å². The third-order valence-electron chi connectivity index (χ3n) is 3.77. The number of nitriles is 1. The monoisotopic (exact) mass is 391 g/mol. The van der Waals surface area contributed by atoms with E-state index in [0.717, 1.165) is 12.1 Å². The molecule has 0 saturated heterocycles. The Morgan fingerprint density at radius 1 is 1.25 bits per heavy atom. The number of aromatic nitrogens is 4. The van der Waals surface area contributed by atoms with Crippen LogP contribution >= 0.6 is 0 Å². The number of nitrogens with one attached hydrogen (secondary N) is 1. The third kappa shape index (κ3) is 3.39. The summed E-state index contributed by atoms with van der Waals surface area (Å²) in [7, 11) is 1.58. The van der Waals surface area contributed by atoms with Crippen molar-refractivity contribution in [2.24, 2.45) is 7.05 Å². The molecule has 0 bridgehead atoms. The van der Waals surface area contributed by atoms with Crippen molar-refractivity contribution in [1.82, 2.24) is 19.3 Å². The van der Waals surface area contributed by atoms with Crippen LogP contribution in [0.25, 0.3) is 5.69 Å². The Morgan fingerprint density at radius 2 is 1.96 bits per heavy atom. The lowest BCUT2D eigenvalue weighted by Crippen LogP contribution is -2.34. The fraction of sp³-hybridized carbons (Fsp3) is 0.176. The van der Waals surface area contributed by atoms with Gasteiger partial charge < -0.3 is 9.72 Å². The van der Waals surface area contributed by atoms with Gasteiger partial charge in [-0.25, -0.2) is 27.2 Å². The Bertz CT molecular complexity index is 1190. The lowest BCUT2D eigenvalue weighted by Gasteiger charge is -2.12. The van der Waals surface area contributed by atoms with E-state index in [9.17, 15) is 28.0 Å². The quantitative estimate of drug-likeness (QED) is 0.735. The van der Waals surface area contributed by atoms with Crippen molar-refractivity contribution in [2.75, 3.05) is 0 Å². The highest BCUT2D eigenvalue weighted by atomic mass is 19.3. The van der Waals surface area contributed by atoms with E-state index < -0.39 is 34.9 Å². The zero-order valence-corrected chi connectivity index (χ0v) is 14.5. The van der Waals surface area contributed by atoms with Crippen molar-refractivity contribution in [3.63, 3.8) is 0 Å². The maximum atomic E-state index is 14.5. The minimum atomic E-state index is -3.08. The second-order valence-electron chi connectivity index (χ2n) is 5.77. The minimum absolute atomic E-state index is 0.147. The lowest BCUT2D eigenvalue weighted by atomic mass is 10.2. The summed E-state index contributed by atoms with van der Waals surface area (Å²) in [5.74, 6) is -1.01. The maximum Gasteiger partial charge on any atom is 0.333 e. The van der Waals surface area contributed by atoms with Gasteiger partial charge in [-0.15, -0.1) is 0 Å². The van der Waals surface area contributed by atoms with Crippen molar-refractivity contribution in [1.29, 1.82) is 5.26 Å². The summed E-state index contributed by atoms with van der Waals surface area (Å²) < 4.78 is 47.2. The van der Waals surface area contributed by atoms with Crippen molar-refractivity contribution in [2.45, 2.75) is 13.3 Å². The number of aryl methyl sites for hydroxylation is 2. The molecule has 144 valence electrons. The van der Waals surface area contributed by atoms with Crippen molar-refractivity contribution >= 4 is 0 Å². The van der Waals surface area contributed by atoms with Crippen molar-refractivity contribution in [3.8, 4) is 23.4 Å². The van der Waals surface area contributed by atoms with Gasteiger partial charge in [-0.1, -0.05) is 0 Å². The molecule has 8 nitrogen and oxygen atoms in total. The van der Waals surface area contributed by atoms with Crippen LogP contribution in [-0.4, -0.2) is 19.3 Å². The Kier molecular flexibility index (Phi) is 4.79. The molecule has 0 aliphatic rings. The molecule has 1 aromatic carbocycles. The Hall–Kier alpha value is -3.81.